The van der Waals surface area contributed by atoms with E-state index in [9.17, 15) is 4.21 Å². The fourth-order valence-electron chi connectivity index (χ4n) is 1.58. The van der Waals surface area contributed by atoms with Crippen molar-refractivity contribution >= 4 is 22.4 Å². The van der Waals surface area contributed by atoms with Gasteiger partial charge in [-0.3, -0.25) is 4.21 Å². The molecule has 17 heavy (non-hydrogen) atoms. The molecule has 1 atom stereocenters. The summed E-state index contributed by atoms with van der Waals surface area (Å²) in [6, 6.07) is 17.4. The zero-order valence-electron chi connectivity index (χ0n) is 9.30. The molecule has 1 unspecified atom stereocenters. The maximum absolute atomic E-state index is 11.9. The van der Waals surface area contributed by atoms with Crippen LogP contribution in [0.15, 0.2) is 54.6 Å². The Balaban J connectivity index is 1.96. The highest BCUT2D eigenvalue weighted by atomic mass is 35.5. The topological polar surface area (TPSA) is 17.1 Å². The van der Waals surface area contributed by atoms with Gasteiger partial charge in [0.25, 0.3) is 0 Å². The number of hydrogen-bond donors (Lipinski definition) is 0. The van der Waals surface area contributed by atoms with E-state index in [0.717, 1.165) is 11.1 Å². The lowest BCUT2D eigenvalue weighted by Gasteiger charge is -2.03. The van der Waals surface area contributed by atoms with Gasteiger partial charge in [0, 0.05) is 27.3 Å². The number of halogens is 1. The van der Waals surface area contributed by atoms with Crippen LogP contribution < -0.4 is 0 Å². The van der Waals surface area contributed by atoms with Crippen LogP contribution in [0.5, 0.6) is 0 Å². The third kappa shape index (κ3) is 3.99. The monoisotopic (exact) mass is 264 g/mol. The van der Waals surface area contributed by atoms with Crippen molar-refractivity contribution in [1.82, 2.24) is 0 Å². The van der Waals surface area contributed by atoms with Gasteiger partial charge < -0.3 is 0 Å². The first-order chi connectivity index (χ1) is 8.24. The first-order valence-electron chi connectivity index (χ1n) is 5.37. The smallest absolute Gasteiger partial charge is 0.0489 e. The molecule has 0 bridgehead atoms. The molecule has 0 aliphatic heterocycles. The molecule has 0 heterocycles. The minimum atomic E-state index is -0.872. The van der Waals surface area contributed by atoms with Gasteiger partial charge in [0.15, 0.2) is 0 Å². The molecular formula is C14H13ClOS. The Morgan fingerprint density at radius 3 is 1.94 bits per heavy atom. The molecular weight excluding hydrogens is 252 g/mol. The van der Waals surface area contributed by atoms with Crippen LogP contribution in [0.4, 0.5) is 0 Å². The van der Waals surface area contributed by atoms with Gasteiger partial charge >= 0.3 is 0 Å². The Hall–Kier alpha value is -1.12. The summed E-state index contributed by atoms with van der Waals surface area (Å²) in [7, 11) is -0.872. The highest BCUT2D eigenvalue weighted by Crippen LogP contribution is 2.12. The molecule has 0 amide bonds. The third-order valence-electron chi connectivity index (χ3n) is 2.41. The minimum absolute atomic E-state index is 0.575. The summed E-state index contributed by atoms with van der Waals surface area (Å²) in [6.45, 7) is 0. The zero-order chi connectivity index (χ0) is 12.1. The molecule has 0 aliphatic carbocycles. The van der Waals surface area contributed by atoms with Crippen LogP contribution in [0.25, 0.3) is 0 Å². The molecule has 0 aromatic heterocycles. The quantitative estimate of drug-likeness (QED) is 0.821. The van der Waals surface area contributed by atoms with Crippen molar-refractivity contribution in [3.8, 4) is 0 Å². The molecule has 0 saturated carbocycles. The average molecular weight is 265 g/mol. The van der Waals surface area contributed by atoms with E-state index in [1.807, 2.05) is 54.6 Å². The van der Waals surface area contributed by atoms with E-state index in [-0.39, 0.29) is 0 Å². The van der Waals surface area contributed by atoms with Gasteiger partial charge in [-0.2, -0.15) is 0 Å². The van der Waals surface area contributed by atoms with Crippen LogP contribution in [0, 0.1) is 0 Å². The normalized spacial score (nSPS) is 12.3. The largest absolute Gasteiger partial charge is 0.259 e. The van der Waals surface area contributed by atoms with Crippen LogP contribution >= 0.6 is 11.6 Å². The highest BCUT2D eigenvalue weighted by Gasteiger charge is 2.03. The Morgan fingerprint density at radius 1 is 0.824 bits per heavy atom. The maximum atomic E-state index is 11.9. The molecule has 2 aromatic carbocycles. The Labute approximate surface area is 109 Å². The fraction of sp³-hybridized carbons (Fsp3) is 0.143. The second-order valence-electron chi connectivity index (χ2n) is 3.84. The molecule has 0 saturated heterocycles. The van der Waals surface area contributed by atoms with Crippen LogP contribution in [0.2, 0.25) is 5.02 Å². The average Bonchev–Trinajstić information content (AvgIpc) is 2.33. The van der Waals surface area contributed by atoms with Gasteiger partial charge in [-0.15, -0.1) is 0 Å². The number of hydrogen-bond acceptors (Lipinski definition) is 1. The number of rotatable bonds is 4. The van der Waals surface area contributed by atoms with Gasteiger partial charge in [-0.05, 0) is 23.3 Å². The summed E-state index contributed by atoms with van der Waals surface area (Å²) in [5.41, 5.74) is 2.17. The van der Waals surface area contributed by atoms with Crippen molar-refractivity contribution in [3.05, 3.63) is 70.7 Å². The molecule has 2 rings (SSSR count). The van der Waals surface area contributed by atoms with Crippen LogP contribution in [-0.2, 0) is 22.3 Å². The molecule has 0 spiro atoms. The maximum Gasteiger partial charge on any atom is 0.0489 e. The van der Waals surface area contributed by atoms with Gasteiger partial charge in [0.05, 0.1) is 0 Å². The van der Waals surface area contributed by atoms with Gasteiger partial charge in [0.2, 0.25) is 0 Å². The molecule has 0 fully saturated rings. The summed E-state index contributed by atoms with van der Waals surface area (Å²) in [5.74, 6) is 1.18. The Morgan fingerprint density at radius 2 is 1.35 bits per heavy atom. The minimum Gasteiger partial charge on any atom is -0.259 e. The summed E-state index contributed by atoms with van der Waals surface area (Å²) in [4.78, 5) is 0. The van der Waals surface area contributed by atoms with Gasteiger partial charge in [-0.25, -0.2) is 0 Å². The molecule has 1 nitrogen and oxygen atoms in total. The summed E-state index contributed by atoms with van der Waals surface area (Å²) in [6.07, 6.45) is 0. The van der Waals surface area contributed by atoms with Crippen molar-refractivity contribution < 1.29 is 4.21 Å². The fourth-order valence-corrected chi connectivity index (χ4v) is 2.93. The van der Waals surface area contributed by atoms with Crippen LogP contribution in [0.3, 0.4) is 0 Å². The second kappa shape index (κ2) is 5.99. The van der Waals surface area contributed by atoms with Crippen molar-refractivity contribution in [2.24, 2.45) is 0 Å². The predicted octanol–water partition coefficient (Wildman–Crippen LogP) is 3.79. The van der Waals surface area contributed by atoms with Crippen LogP contribution in [0.1, 0.15) is 11.1 Å². The standard InChI is InChI=1S/C14H13ClOS/c15-14-8-6-13(7-9-14)11-17(16)10-12-4-2-1-3-5-12/h1-9H,10-11H2. The molecule has 88 valence electrons. The van der Waals surface area contributed by atoms with Crippen molar-refractivity contribution in [2.45, 2.75) is 11.5 Å². The van der Waals surface area contributed by atoms with Gasteiger partial charge in [-0.1, -0.05) is 54.1 Å². The van der Waals surface area contributed by atoms with Gasteiger partial charge in [0.1, 0.15) is 0 Å². The lowest BCUT2D eigenvalue weighted by molar-refractivity contribution is 0.682. The van der Waals surface area contributed by atoms with E-state index >= 15 is 0 Å². The molecule has 2 aromatic rings. The highest BCUT2D eigenvalue weighted by molar-refractivity contribution is 7.83. The van der Waals surface area contributed by atoms with E-state index < -0.39 is 10.8 Å². The first-order valence-corrected chi connectivity index (χ1v) is 7.24. The molecule has 0 radical (unpaired) electrons. The molecule has 0 N–H and O–H groups in total. The summed E-state index contributed by atoms with van der Waals surface area (Å²) >= 11 is 5.80. The zero-order valence-corrected chi connectivity index (χ0v) is 10.9. The predicted molar refractivity (Wildman–Crippen MR) is 73.4 cm³/mol. The number of benzene rings is 2. The van der Waals surface area contributed by atoms with Crippen molar-refractivity contribution in [1.29, 1.82) is 0 Å². The lowest BCUT2D eigenvalue weighted by Crippen LogP contribution is -1.99. The third-order valence-corrected chi connectivity index (χ3v) is 3.97. The summed E-state index contributed by atoms with van der Waals surface area (Å²) < 4.78 is 11.9. The van der Waals surface area contributed by atoms with E-state index in [1.165, 1.54) is 0 Å². The van der Waals surface area contributed by atoms with Crippen molar-refractivity contribution in [2.75, 3.05) is 0 Å². The molecule has 0 aliphatic rings. The lowest BCUT2D eigenvalue weighted by atomic mass is 10.2. The molecule has 3 heteroatoms. The van der Waals surface area contributed by atoms with E-state index in [0.29, 0.717) is 16.5 Å². The summed E-state index contributed by atoms with van der Waals surface area (Å²) in [5, 5.41) is 0.711. The van der Waals surface area contributed by atoms with Crippen LogP contribution in [-0.4, -0.2) is 4.21 Å². The first kappa shape index (κ1) is 12.3. The van der Waals surface area contributed by atoms with E-state index in [4.69, 9.17) is 11.6 Å². The van der Waals surface area contributed by atoms with Crippen molar-refractivity contribution in [3.63, 3.8) is 0 Å². The van der Waals surface area contributed by atoms with E-state index in [2.05, 4.69) is 0 Å². The van der Waals surface area contributed by atoms with E-state index in [1.54, 1.807) is 0 Å². The Bertz CT molecular complexity index is 493. The SMILES string of the molecule is O=S(Cc1ccccc1)Cc1ccc(Cl)cc1. The Kier molecular flexibility index (Phi) is 4.35. The second-order valence-corrected chi connectivity index (χ2v) is 5.73.